The Hall–Kier alpha value is -6.18. The van der Waals surface area contributed by atoms with Crippen molar-refractivity contribution < 1.29 is 67.4 Å². The van der Waals surface area contributed by atoms with E-state index in [4.69, 9.17) is 10.5 Å². The molecule has 0 saturated carbocycles. The molecule has 25 heteroatoms. The molecule has 0 aliphatic carbocycles. The number of aliphatic hydroxyl groups excluding tert-OH is 3. The lowest BCUT2D eigenvalue weighted by molar-refractivity contribution is -0.144. The van der Waals surface area contributed by atoms with Gasteiger partial charge in [0.15, 0.2) is 0 Å². The van der Waals surface area contributed by atoms with Gasteiger partial charge < -0.3 is 72.9 Å². The molecular formula is C49H74N10O14S. The van der Waals surface area contributed by atoms with Crippen LogP contribution in [0.3, 0.4) is 0 Å². The van der Waals surface area contributed by atoms with Crippen molar-refractivity contribution in [2.45, 2.75) is 158 Å². The largest absolute Gasteiger partial charge is 0.494 e. The first-order chi connectivity index (χ1) is 35.3. The number of amides is 9. The molecule has 3 aliphatic heterocycles. The van der Waals surface area contributed by atoms with Crippen LogP contribution in [0.1, 0.15) is 104 Å². The van der Waals surface area contributed by atoms with Gasteiger partial charge >= 0.3 is 0 Å². The number of hydrogen-bond donors (Lipinski definition) is 12. The SMILES string of the molecule is CCCCCCCCCCOc1ccc2c3c([nH]c2c1)S(=O)CC1NC(=O)CNC(=O)C(C(C)CC)NC(=O)CNC(=O)C(C3)NC(=O)C(C(C)C(O)CO)NC(=O)C2CC(O)CN2C(=O)C(CC(N)=O)NC1=O. The first kappa shape index (κ1) is 58.7. The molecule has 2 aromatic rings. The van der Waals surface area contributed by atoms with Gasteiger partial charge in [0.2, 0.25) is 53.2 Å². The predicted molar refractivity (Wildman–Crippen MR) is 269 cm³/mol. The van der Waals surface area contributed by atoms with Crippen LogP contribution in [0.2, 0.25) is 0 Å². The summed E-state index contributed by atoms with van der Waals surface area (Å²) >= 11 is 0. The number of nitrogens with zero attached hydrogens (tertiary/aromatic N) is 1. The second-order valence-electron chi connectivity index (χ2n) is 19.5. The molecule has 5 rings (SSSR count). The van der Waals surface area contributed by atoms with Gasteiger partial charge in [-0.15, -0.1) is 0 Å². The number of aliphatic hydroxyl groups is 3. The van der Waals surface area contributed by atoms with Crippen molar-refractivity contribution in [1.82, 2.24) is 47.1 Å². The molecule has 3 aliphatic rings. The number of hydrogen-bond acceptors (Lipinski definition) is 14. The maximum absolute atomic E-state index is 15.0. The summed E-state index contributed by atoms with van der Waals surface area (Å²) in [6, 6.07) is -4.92. The first-order valence-corrected chi connectivity index (χ1v) is 26.8. The monoisotopic (exact) mass is 1060 g/mol. The normalized spacial score (nSPS) is 26.2. The Bertz CT molecular complexity index is 2380. The number of nitrogens with two attached hydrogens (primary N) is 1. The molecule has 1 aromatic heterocycles. The van der Waals surface area contributed by atoms with Crippen LogP contribution >= 0.6 is 0 Å². The highest BCUT2D eigenvalue weighted by Crippen LogP contribution is 2.31. The number of carbonyl (C=O) groups is 9. The number of benzene rings is 1. The average molecular weight is 1060 g/mol. The van der Waals surface area contributed by atoms with E-state index in [1.807, 2.05) is 0 Å². The summed E-state index contributed by atoms with van der Waals surface area (Å²) in [5.74, 6) is -11.1. The van der Waals surface area contributed by atoms with Crippen molar-refractivity contribution in [3.8, 4) is 5.75 Å². The molecule has 1 saturated heterocycles. The highest BCUT2D eigenvalue weighted by molar-refractivity contribution is 7.85. The lowest BCUT2D eigenvalue weighted by Gasteiger charge is -2.32. The van der Waals surface area contributed by atoms with E-state index >= 15 is 0 Å². The highest BCUT2D eigenvalue weighted by atomic mass is 32.2. The van der Waals surface area contributed by atoms with E-state index in [0.29, 0.717) is 29.7 Å². The number of H-pyrrole nitrogens is 1. The van der Waals surface area contributed by atoms with Gasteiger partial charge in [-0.3, -0.25) is 47.4 Å². The number of primary amides is 1. The number of aromatic amines is 1. The minimum Gasteiger partial charge on any atom is -0.494 e. The molecule has 0 radical (unpaired) electrons. The Morgan fingerprint density at radius 3 is 2.14 bits per heavy atom. The summed E-state index contributed by atoms with van der Waals surface area (Å²) in [7, 11) is -2.35. The predicted octanol–water partition coefficient (Wildman–Crippen LogP) is -2.11. The molecule has 4 heterocycles. The van der Waals surface area contributed by atoms with E-state index in [1.165, 1.54) is 26.2 Å². The van der Waals surface area contributed by atoms with Crippen molar-refractivity contribution in [3.05, 3.63) is 23.8 Å². The van der Waals surface area contributed by atoms with Gasteiger partial charge in [0.25, 0.3) is 0 Å². The Morgan fingerprint density at radius 2 is 1.47 bits per heavy atom. The Kier molecular flexibility index (Phi) is 22.2. The van der Waals surface area contributed by atoms with Gasteiger partial charge in [-0.05, 0) is 30.0 Å². The minimum atomic E-state index is -2.35. The summed E-state index contributed by atoms with van der Waals surface area (Å²) in [5, 5.41) is 49.4. The fraction of sp³-hybridized carbons (Fsp3) is 0.653. The van der Waals surface area contributed by atoms with Gasteiger partial charge in [0.05, 0.1) is 67.0 Å². The fourth-order valence-electron chi connectivity index (χ4n) is 9.21. The fourth-order valence-corrected chi connectivity index (χ4v) is 10.6. The van der Waals surface area contributed by atoms with Crippen LogP contribution < -0.4 is 47.7 Å². The van der Waals surface area contributed by atoms with E-state index < -0.39 is 176 Å². The van der Waals surface area contributed by atoms with Crippen molar-refractivity contribution in [2.24, 2.45) is 17.6 Å². The lowest BCUT2D eigenvalue weighted by Crippen LogP contribution is -2.62. The van der Waals surface area contributed by atoms with Crippen LogP contribution in [0.5, 0.6) is 5.75 Å². The number of unbranched alkanes of at least 4 members (excludes halogenated alkanes) is 7. The molecule has 11 atom stereocenters. The maximum atomic E-state index is 15.0. The zero-order valence-corrected chi connectivity index (χ0v) is 43.3. The third kappa shape index (κ3) is 15.9. The van der Waals surface area contributed by atoms with Gasteiger partial charge in [0, 0.05) is 36.8 Å². The number of nitrogens with one attached hydrogen (secondary N) is 8. The number of fused-ring (bicyclic) bond motifs is 5. The Balaban J connectivity index is 1.67. The first-order valence-electron chi connectivity index (χ1n) is 25.5. The number of rotatable bonds is 17. The van der Waals surface area contributed by atoms with Gasteiger partial charge in [-0.1, -0.05) is 79.1 Å². The van der Waals surface area contributed by atoms with Crippen LogP contribution in [-0.2, 0) is 60.4 Å². The second-order valence-corrected chi connectivity index (χ2v) is 20.9. The van der Waals surface area contributed by atoms with Crippen LogP contribution in [0.15, 0.2) is 23.2 Å². The van der Waals surface area contributed by atoms with Crippen molar-refractivity contribution in [3.63, 3.8) is 0 Å². The number of carbonyl (C=O) groups excluding carboxylic acids is 9. The maximum Gasteiger partial charge on any atom is 0.246 e. The summed E-state index contributed by atoms with van der Waals surface area (Å²) in [4.78, 5) is 129. The molecular weight excluding hydrogens is 985 g/mol. The van der Waals surface area contributed by atoms with Crippen LogP contribution in [0, 0.1) is 11.8 Å². The van der Waals surface area contributed by atoms with E-state index in [2.05, 4.69) is 49.1 Å². The molecule has 1 aromatic carbocycles. The zero-order valence-electron chi connectivity index (χ0n) is 42.5. The lowest BCUT2D eigenvalue weighted by atomic mass is 9.93. The second kappa shape index (κ2) is 27.9. The van der Waals surface area contributed by atoms with E-state index in [1.54, 1.807) is 32.0 Å². The third-order valence-corrected chi connectivity index (χ3v) is 15.2. The standard InChI is InChI=1S/C49H74N10O14S/c1-5-7-8-9-10-11-12-13-16-73-29-14-15-30-31-19-33-43(66)51-22-40(65)57-41(26(3)6-2)46(69)52-21-39(64)53-35(25-74(72)48(31)56-32(30)18-29)44(67)55-34(20-38(50)63)49(71)59-23-28(61)17-36(59)45(68)58-42(47(70)54-33)27(4)37(62)24-60/h14-15,18,26-28,33-37,41-42,56,60-62H,5-13,16-17,19-25H2,1-4H3,(H2,50,63)(H,51,66)(H,52,69)(H,53,64)(H,54,70)(H,55,67)(H,57,65)(H,58,68). The molecule has 2 bridgehead atoms. The van der Waals surface area contributed by atoms with Crippen LogP contribution in [-0.4, -0.2) is 170 Å². The molecule has 410 valence electrons. The Labute approximate surface area is 432 Å². The van der Waals surface area contributed by atoms with Crippen molar-refractivity contribution in [2.75, 3.05) is 38.6 Å². The third-order valence-electron chi connectivity index (χ3n) is 13.8. The smallest absolute Gasteiger partial charge is 0.246 e. The van der Waals surface area contributed by atoms with Crippen molar-refractivity contribution >= 4 is 74.9 Å². The van der Waals surface area contributed by atoms with E-state index in [9.17, 15) is 62.7 Å². The number of ether oxygens (including phenoxy) is 1. The summed E-state index contributed by atoms with van der Waals surface area (Å²) in [6.45, 7) is 4.44. The van der Waals surface area contributed by atoms with Crippen molar-refractivity contribution in [1.29, 1.82) is 0 Å². The molecule has 13 N–H and O–H groups in total. The highest BCUT2D eigenvalue weighted by Gasteiger charge is 2.45. The topological polar surface area (TPSA) is 370 Å². The van der Waals surface area contributed by atoms with Crippen LogP contribution in [0.4, 0.5) is 0 Å². The molecule has 74 heavy (non-hydrogen) atoms. The molecule has 11 unspecified atom stereocenters. The van der Waals surface area contributed by atoms with Crippen LogP contribution in [0.25, 0.3) is 10.9 Å². The molecule has 0 spiro atoms. The molecule has 24 nitrogen and oxygen atoms in total. The number of aromatic nitrogens is 1. The van der Waals surface area contributed by atoms with Gasteiger partial charge in [0.1, 0.15) is 47.0 Å². The average Bonchev–Trinajstić information content (AvgIpc) is 3.94. The summed E-state index contributed by atoms with van der Waals surface area (Å²) in [5.41, 5.74) is 6.06. The zero-order chi connectivity index (χ0) is 54.2. The minimum absolute atomic E-state index is 0.0865. The van der Waals surface area contributed by atoms with Gasteiger partial charge in [-0.25, -0.2) is 0 Å². The summed E-state index contributed by atoms with van der Waals surface area (Å²) < 4.78 is 21.1. The quantitative estimate of drug-likeness (QED) is 0.0756. The summed E-state index contributed by atoms with van der Waals surface area (Å²) in [6.07, 6.45) is 4.34. The van der Waals surface area contributed by atoms with Gasteiger partial charge in [-0.2, -0.15) is 0 Å². The van der Waals surface area contributed by atoms with E-state index in [0.717, 1.165) is 37.0 Å². The Morgan fingerprint density at radius 1 is 0.811 bits per heavy atom. The van der Waals surface area contributed by atoms with E-state index in [-0.39, 0.29) is 10.6 Å². The molecule has 1 fully saturated rings. The molecule has 9 amide bonds.